The van der Waals surface area contributed by atoms with Gasteiger partial charge in [-0.3, -0.25) is 4.79 Å². The van der Waals surface area contributed by atoms with E-state index in [4.69, 9.17) is 37.4 Å². The molecule has 0 unspecified atom stereocenters. The summed E-state index contributed by atoms with van der Waals surface area (Å²) in [5.74, 6) is -0.549. The van der Waals surface area contributed by atoms with Crippen LogP contribution in [0.25, 0.3) is 11.1 Å². The first-order valence-corrected chi connectivity index (χ1v) is 15.7. The average molecular weight is 668 g/mol. The third-order valence-corrected chi connectivity index (χ3v) is 8.65. The Hall–Kier alpha value is -3.93. The van der Waals surface area contributed by atoms with Crippen LogP contribution in [-0.4, -0.2) is 45.9 Å². The summed E-state index contributed by atoms with van der Waals surface area (Å²) in [5.41, 5.74) is 5.43. The topological polar surface area (TPSA) is 124 Å². The highest BCUT2D eigenvalue weighted by Crippen LogP contribution is 2.42. The highest BCUT2D eigenvalue weighted by atomic mass is 35.5. The van der Waals surface area contributed by atoms with E-state index in [2.05, 4.69) is 22.5 Å². The predicted molar refractivity (Wildman–Crippen MR) is 174 cm³/mol. The molecule has 46 heavy (non-hydrogen) atoms. The molecule has 4 atom stereocenters. The molecule has 0 aliphatic carbocycles. The van der Waals surface area contributed by atoms with Gasteiger partial charge in [0.25, 0.3) is 0 Å². The van der Waals surface area contributed by atoms with Crippen LogP contribution in [0.15, 0.2) is 79.1 Å². The lowest BCUT2D eigenvalue weighted by Crippen LogP contribution is -2.39. The van der Waals surface area contributed by atoms with Crippen LogP contribution >= 0.6 is 23.2 Å². The van der Waals surface area contributed by atoms with Gasteiger partial charge in [-0.25, -0.2) is 9.78 Å². The number of benzene rings is 3. The molecule has 2 amide bonds. The summed E-state index contributed by atoms with van der Waals surface area (Å²) in [5, 5.41) is 15.4. The van der Waals surface area contributed by atoms with E-state index in [-0.39, 0.29) is 49.6 Å². The Morgan fingerprint density at radius 1 is 0.978 bits per heavy atom. The Balaban J connectivity index is 1.33. The zero-order valence-electron chi connectivity index (χ0n) is 25.5. The molecule has 1 aliphatic rings. The lowest BCUT2D eigenvalue weighted by Gasteiger charge is -2.41. The maximum absolute atomic E-state index is 12.3. The van der Waals surface area contributed by atoms with Gasteiger partial charge < -0.3 is 34.5 Å². The van der Waals surface area contributed by atoms with Gasteiger partial charge in [-0.15, -0.1) is 0 Å². The molecule has 4 aromatic rings. The number of urea groups is 1. The molecule has 1 aromatic heterocycles. The van der Waals surface area contributed by atoms with Gasteiger partial charge in [0.1, 0.15) is 11.7 Å². The van der Waals surface area contributed by atoms with Crippen LogP contribution in [0.2, 0.25) is 10.3 Å². The van der Waals surface area contributed by atoms with Crippen LogP contribution in [0.4, 0.5) is 4.79 Å². The molecule has 1 fully saturated rings. The van der Waals surface area contributed by atoms with Crippen molar-refractivity contribution in [1.82, 2.24) is 20.2 Å². The summed E-state index contributed by atoms with van der Waals surface area (Å²) < 4.78 is 19.7. The molecular formula is C34H36Cl2N4O6. The number of hydrogen-bond acceptors (Lipinski definition) is 7. The lowest BCUT2D eigenvalue weighted by atomic mass is 9.90. The standard InChI is InChI=1S/C34H36Cl2N4O6/c1-3-44-29(42)17-38-34(43)37-16-26-6-4-5-7-27(26)23-12-14-25(15-13-23)33-45-28(18-40-20-39-31(35)32(40)36)21(2)30(46-33)24-10-8-22(19-41)9-11-24/h4-15,20-21,28,30,33,41H,3,16-19H2,1-2H3,(H2,37,38,43)/t21-,28+,30+,33+/m1/s1. The molecule has 3 N–H and O–H groups in total. The lowest BCUT2D eigenvalue weighted by molar-refractivity contribution is -0.276. The number of nitrogens with zero attached hydrogens (tertiary/aromatic N) is 2. The van der Waals surface area contributed by atoms with Crippen LogP contribution in [0.5, 0.6) is 0 Å². The Bertz CT molecular complexity index is 1630. The van der Waals surface area contributed by atoms with Crippen molar-refractivity contribution in [1.29, 1.82) is 0 Å². The second kappa shape index (κ2) is 15.6. The Kier molecular flexibility index (Phi) is 11.3. The van der Waals surface area contributed by atoms with E-state index >= 15 is 0 Å². The van der Waals surface area contributed by atoms with Crippen molar-refractivity contribution < 1.29 is 28.9 Å². The van der Waals surface area contributed by atoms with Gasteiger partial charge in [0, 0.05) is 18.0 Å². The van der Waals surface area contributed by atoms with Gasteiger partial charge in [-0.1, -0.05) is 103 Å². The van der Waals surface area contributed by atoms with E-state index in [1.54, 1.807) is 17.8 Å². The fraction of sp³-hybridized carbons (Fsp3) is 0.324. The highest BCUT2D eigenvalue weighted by Gasteiger charge is 2.39. The van der Waals surface area contributed by atoms with Crippen molar-refractivity contribution >= 4 is 35.2 Å². The number of esters is 1. The van der Waals surface area contributed by atoms with E-state index in [9.17, 15) is 14.7 Å². The number of amides is 2. The number of aromatic nitrogens is 2. The normalized spacial score (nSPS) is 19.4. The number of carbonyl (C=O) groups is 2. The van der Waals surface area contributed by atoms with Crippen molar-refractivity contribution in [2.24, 2.45) is 5.92 Å². The molecule has 0 saturated carbocycles. The van der Waals surface area contributed by atoms with E-state index in [0.29, 0.717) is 11.7 Å². The first-order valence-electron chi connectivity index (χ1n) is 15.0. The quantitative estimate of drug-likeness (QED) is 0.163. The summed E-state index contributed by atoms with van der Waals surface area (Å²) >= 11 is 12.5. The number of aliphatic hydroxyl groups excluding tert-OH is 1. The fourth-order valence-corrected chi connectivity index (χ4v) is 5.68. The van der Waals surface area contributed by atoms with Crippen molar-refractivity contribution in [3.8, 4) is 11.1 Å². The monoisotopic (exact) mass is 666 g/mol. The zero-order chi connectivity index (χ0) is 32.6. The highest BCUT2D eigenvalue weighted by molar-refractivity contribution is 6.40. The minimum atomic E-state index is -0.671. The van der Waals surface area contributed by atoms with Gasteiger partial charge >= 0.3 is 12.0 Å². The van der Waals surface area contributed by atoms with Gasteiger partial charge in [-0.2, -0.15) is 0 Å². The van der Waals surface area contributed by atoms with E-state index in [1.165, 1.54) is 0 Å². The van der Waals surface area contributed by atoms with Gasteiger partial charge in [0.15, 0.2) is 11.4 Å². The molecule has 12 heteroatoms. The minimum Gasteiger partial charge on any atom is -0.465 e. The smallest absolute Gasteiger partial charge is 0.325 e. The van der Waals surface area contributed by atoms with E-state index < -0.39 is 18.3 Å². The molecule has 1 saturated heterocycles. The Morgan fingerprint density at radius 3 is 2.37 bits per heavy atom. The molecule has 0 spiro atoms. The summed E-state index contributed by atoms with van der Waals surface area (Å²) in [6, 6.07) is 22.9. The third-order valence-electron chi connectivity index (χ3n) is 7.88. The van der Waals surface area contributed by atoms with E-state index in [1.807, 2.05) is 72.8 Å². The molecule has 5 rings (SSSR count). The van der Waals surface area contributed by atoms with Crippen LogP contribution in [0, 0.1) is 5.92 Å². The predicted octanol–water partition coefficient (Wildman–Crippen LogP) is 6.20. The number of hydrogen-bond donors (Lipinski definition) is 3. The molecule has 0 bridgehead atoms. The van der Waals surface area contributed by atoms with Crippen LogP contribution in [-0.2, 0) is 38.7 Å². The summed E-state index contributed by atoms with van der Waals surface area (Å²) in [6.07, 6.45) is 0.346. The van der Waals surface area contributed by atoms with Crippen LogP contribution in [0.3, 0.4) is 0 Å². The minimum absolute atomic E-state index is 0.0379. The van der Waals surface area contributed by atoms with Crippen molar-refractivity contribution in [3.05, 3.63) is 112 Å². The Morgan fingerprint density at radius 2 is 1.70 bits per heavy atom. The summed E-state index contributed by atoms with van der Waals surface area (Å²) in [7, 11) is 0. The molecular weight excluding hydrogens is 631 g/mol. The average Bonchev–Trinajstić information content (AvgIpc) is 3.40. The van der Waals surface area contributed by atoms with Gasteiger partial charge in [-0.05, 0) is 34.7 Å². The van der Waals surface area contributed by atoms with Crippen molar-refractivity contribution in [3.63, 3.8) is 0 Å². The number of aliphatic hydroxyl groups is 1. The summed E-state index contributed by atoms with van der Waals surface area (Å²) in [6.45, 7) is 4.48. The largest absolute Gasteiger partial charge is 0.465 e. The SMILES string of the molecule is CCOC(=O)CNC(=O)NCc1ccccc1-c1ccc([C@H]2O[C@@H](Cn3cnc(Cl)c3Cl)[C@@H](C)[C@@H](c3ccc(CO)cc3)O2)cc1. The number of halogens is 2. The molecule has 1 aliphatic heterocycles. The van der Waals surface area contributed by atoms with Crippen molar-refractivity contribution in [2.75, 3.05) is 13.2 Å². The van der Waals surface area contributed by atoms with E-state index in [0.717, 1.165) is 33.4 Å². The maximum Gasteiger partial charge on any atom is 0.325 e. The maximum atomic E-state index is 12.3. The zero-order valence-corrected chi connectivity index (χ0v) is 27.0. The third kappa shape index (κ3) is 8.07. The fourth-order valence-electron chi connectivity index (χ4n) is 5.37. The second-order valence-corrected chi connectivity index (χ2v) is 11.6. The Labute approximate surface area is 277 Å². The van der Waals surface area contributed by atoms with Crippen LogP contribution in [0.1, 0.15) is 48.5 Å². The van der Waals surface area contributed by atoms with Crippen LogP contribution < -0.4 is 10.6 Å². The summed E-state index contributed by atoms with van der Waals surface area (Å²) in [4.78, 5) is 27.9. The second-order valence-electron chi connectivity index (χ2n) is 10.9. The van der Waals surface area contributed by atoms with Gasteiger partial charge in [0.2, 0.25) is 0 Å². The number of carbonyl (C=O) groups excluding carboxylic acids is 2. The molecule has 10 nitrogen and oxygen atoms in total. The number of ether oxygens (including phenoxy) is 3. The molecule has 3 aromatic carbocycles. The first kappa shape index (κ1) is 33.4. The molecule has 242 valence electrons. The number of imidazole rings is 1. The van der Waals surface area contributed by atoms with Crippen molar-refractivity contribution in [2.45, 2.75) is 52.0 Å². The molecule has 2 heterocycles. The number of rotatable bonds is 11. The molecule has 0 radical (unpaired) electrons. The first-order chi connectivity index (χ1) is 22.3. The number of nitrogens with one attached hydrogen (secondary N) is 2. The van der Waals surface area contributed by atoms with Gasteiger partial charge in [0.05, 0.1) is 38.3 Å².